The number of likely N-dealkylation sites (tertiary alicyclic amines) is 1. The van der Waals surface area contributed by atoms with E-state index in [-0.39, 0.29) is 29.3 Å². The van der Waals surface area contributed by atoms with Gasteiger partial charge in [0.1, 0.15) is 0 Å². The van der Waals surface area contributed by atoms with Crippen LogP contribution in [0.25, 0.3) is 0 Å². The minimum absolute atomic E-state index is 0.0811. The van der Waals surface area contributed by atoms with Gasteiger partial charge in [0.05, 0.1) is 6.10 Å². The van der Waals surface area contributed by atoms with E-state index < -0.39 is 5.97 Å². The minimum Gasteiger partial charge on any atom is -0.481 e. The van der Waals surface area contributed by atoms with Crippen molar-refractivity contribution in [1.82, 2.24) is 4.90 Å². The molecule has 1 aliphatic heterocycles. The Balaban J connectivity index is 2.51. The van der Waals surface area contributed by atoms with Crippen LogP contribution in [0.1, 0.15) is 59.8 Å². The van der Waals surface area contributed by atoms with Gasteiger partial charge in [0.15, 0.2) is 0 Å². The molecule has 1 saturated heterocycles. The molecular weight excluding hydrogens is 282 g/mol. The van der Waals surface area contributed by atoms with Gasteiger partial charge in [-0.1, -0.05) is 27.7 Å². The third kappa shape index (κ3) is 6.34. The Kier molecular flexibility index (Phi) is 6.41. The summed E-state index contributed by atoms with van der Waals surface area (Å²) >= 11 is 0. The molecule has 128 valence electrons. The molecule has 0 aromatic heterocycles. The fourth-order valence-electron chi connectivity index (χ4n) is 3.56. The molecule has 1 aliphatic rings. The standard InChI is InChI=1S/C17H31NO4/c1-16(2,8-6-15(20)21)12-17(3,4)10-14(19)18-9-7-13(11-18)22-5/h13H,6-12H2,1-5H3,(H,20,21). The zero-order valence-corrected chi connectivity index (χ0v) is 14.6. The average molecular weight is 313 g/mol. The summed E-state index contributed by atoms with van der Waals surface area (Å²) in [6.45, 7) is 9.82. The van der Waals surface area contributed by atoms with Gasteiger partial charge in [-0.15, -0.1) is 0 Å². The molecule has 0 radical (unpaired) electrons. The zero-order chi connectivity index (χ0) is 17.0. The van der Waals surface area contributed by atoms with Crippen LogP contribution in [0.4, 0.5) is 0 Å². The summed E-state index contributed by atoms with van der Waals surface area (Å²) in [6.07, 6.45) is 3.22. The number of ether oxygens (including phenoxy) is 1. The van der Waals surface area contributed by atoms with Crippen molar-refractivity contribution in [3.05, 3.63) is 0 Å². The van der Waals surface area contributed by atoms with Crippen LogP contribution in [0, 0.1) is 10.8 Å². The first kappa shape index (κ1) is 18.9. The number of carbonyl (C=O) groups excluding carboxylic acids is 1. The van der Waals surface area contributed by atoms with Gasteiger partial charge >= 0.3 is 5.97 Å². The molecule has 1 heterocycles. The van der Waals surface area contributed by atoms with Crippen molar-refractivity contribution in [2.24, 2.45) is 10.8 Å². The van der Waals surface area contributed by atoms with Gasteiger partial charge in [-0.25, -0.2) is 0 Å². The van der Waals surface area contributed by atoms with Crippen LogP contribution in [0.3, 0.4) is 0 Å². The number of methoxy groups -OCH3 is 1. The smallest absolute Gasteiger partial charge is 0.303 e. The number of carboxylic acids is 1. The second-order valence-electron chi connectivity index (χ2n) is 8.06. The van der Waals surface area contributed by atoms with Crippen molar-refractivity contribution in [2.45, 2.75) is 65.9 Å². The number of nitrogens with zero attached hydrogens (tertiary/aromatic N) is 1. The second kappa shape index (κ2) is 7.44. The van der Waals surface area contributed by atoms with Crippen LogP contribution in [0.15, 0.2) is 0 Å². The normalized spacial score (nSPS) is 19.5. The van der Waals surface area contributed by atoms with Crippen molar-refractivity contribution in [3.8, 4) is 0 Å². The molecule has 22 heavy (non-hydrogen) atoms. The van der Waals surface area contributed by atoms with Crippen molar-refractivity contribution < 1.29 is 19.4 Å². The highest BCUT2D eigenvalue weighted by Gasteiger charge is 2.34. The lowest BCUT2D eigenvalue weighted by molar-refractivity contribution is -0.138. The molecule has 5 nitrogen and oxygen atoms in total. The largest absolute Gasteiger partial charge is 0.481 e. The van der Waals surface area contributed by atoms with Crippen molar-refractivity contribution in [2.75, 3.05) is 20.2 Å². The van der Waals surface area contributed by atoms with E-state index in [1.807, 2.05) is 4.90 Å². The maximum absolute atomic E-state index is 12.5. The van der Waals surface area contributed by atoms with Gasteiger partial charge in [-0.2, -0.15) is 0 Å². The van der Waals surface area contributed by atoms with Crippen LogP contribution in [0.2, 0.25) is 0 Å². The Morgan fingerprint density at radius 3 is 2.36 bits per heavy atom. The number of hydrogen-bond donors (Lipinski definition) is 1. The Labute approximate surface area is 134 Å². The van der Waals surface area contributed by atoms with Crippen LogP contribution in [0.5, 0.6) is 0 Å². The minimum atomic E-state index is -0.760. The summed E-state index contributed by atoms with van der Waals surface area (Å²) in [5.74, 6) is -0.580. The number of carboxylic acid groups (broad SMARTS) is 1. The van der Waals surface area contributed by atoms with Gasteiger partial charge < -0.3 is 14.7 Å². The lowest BCUT2D eigenvalue weighted by Gasteiger charge is -2.35. The van der Waals surface area contributed by atoms with Crippen molar-refractivity contribution >= 4 is 11.9 Å². The topological polar surface area (TPSA) is 66.8 Å². The van der Waals surface area contributed by atoms with E-state index in [2.05, 4.69) is 27.7 Å². The lowest BCUT2D eigenvalue weighted by atomic mass is 9.71. The molecule has 5 heteroatoms. The highest BCUT2D eigenvalue weighted by Crippen LogP contribution is 2.39. The Hall–Kier alpha value is -1.10. The molecule has 1 N–H and O–H groups in total. The molecule has 0 aliphatic carbocycles. The molecule has 1 amide bonds. The number of aliphatic carboxylic acids is 1. The van der Waals surface area contributed by atoms with E-state index in [1.54, 1.807) is 7.11 Å². The van der Waals surface area contributed by atoms with Crippen molar-refractivity contribution in [3.63, 3.8) is 0 Å². The first-order valence-electron chi connectivity index (χ1n) is 8.07. The van der Waals surface area contributed by atoms with Crippen LogP contribution < -0.4 is 0 Å². The number of hydrogen-bond acceptors (Lipinski definition) is 3. The Morgan fingerprint density at radius 1 is 1.23 bits per heavy atom. The predicted octanol–water partition coefficient (Wildman–Crippen LogP) is 2.93. The number of rotatable bonds is 8. The monoisotopic (exact) mass is 313 g/mol. The predicted molar refractivity (Wildman–Crippen MR) is 85.7 cm³/mol. The van der Waals surface area contributed by atoms with Gasteiger partial charge in [0.2, 0.25) is 5.91 Å². The first-order valence-corrected chi connectivity index (χ1v) is 8.07. The van der Waals surface area contributed by atoms with E-state index in [4.69, 9.17) is 9.84 Å². The Bertz CT molecular complexity index is 403. The van der Waals surface area contributed by atoms with Gasteiger partial charge in [-0.3, -0.25) is 9.59 Å². The molecular formula is C17H31NO4. The molecule has 0 saturated carbocycles. The summed E-state index contributed by atoms with van der Waals surface area (Å²) in [5.41, 5.74) is -0.216. The molecule has 1 atom stereocenters. The SMILES string of the molecule is COC1CCN(C(=O)CC(C)(C)CC(C)(C)CCC(=O)O)C1. The van der Waals surface area contributed by atoms with E-state index >= 15 is 0 Å². The first-order chi connectivity index (χ1) is 10.0. The number of amides is 1. The third-order valence-corrected chi connectivity index (χ3v) is 4.43. The van der Waals surface area contributed by atoms with Gasteiger partial charge in [0.25, 0.3) is 0 Å². The fraction of sp³-hybridized carbons (Fsp3) is 0.882. The van der Waals surface area contributed by atoms with E-state index in [0.717, 1.165) is 19.4 Å². The zero-order valence-electron chi connectivity index (χ0n) is 14.6. The fourth-order valence-corrected chi connectivity index (χ4v) is 3.56. The summed E-state index contributed by atoms with van der Waals surface area (Å²) in [7, 11) is 1.69. The summed E-state index contributed by atoms with van der Waals surface area (Å²) < 4.78 is 5.31. The lowest BCUT2D eigenvalue weighted by Crippen LogP contribution is -2.35. The Morgan fingerprint density at radius 2 is 1.86 bits per heavy atom. The summed E-state index contributed by atoms with van der Waals surface area (Å²) in [4.78, 5) is 25.1. The van der Waals surface area contributed by atoms with Gasteiger partial charge in [-0.05, 0) is 30.1 Å². The molecule has 1 unspecified atom stereocenters. The highest BCUT2D eigenvalue weighted by atomic mass is 16.5. The molecule has 0 bridgehead atoms. The maximum atomic E-state index is 12.5. The van der Waals surface area contributed by atoms with E-state index in [9.17, 15) is 9.59 Å². The van der Waals surface area contributed by atoms with Gasteiger partial charge in [0, 0.05) is 33.0 Å². The average Bonchev–Trinajstić information content (AvgIpc) is 2.83. The maximum Gasteiger partial charge on any atom is 0.303 e. The number of carbonyl (C=O) groups is 2. The van der Waals surface area contributed by atoms with E-state index in [0.29, 0.717) is 19.4 Å². The van der Waals surface area contributed by atoms with Crippen LogP contribution in [-0.4, -0.2) is 48.2 Å². The van der Waals surface area contributed by atoms with Crippen LogP contribution in [-0.2, 0) is 14.3 Å². The third-order valence-electron chi connectivity index (χ3n) is 4.43. The molecule has 0 aromatic carbocycles. The van der Waals surface area contributed by atoms with E-state index in [1.165, 1.54) is 0 Å². The molecule has 0 aromatic rings. The van der Waals surface area contributed by atoms with Crippen LogP contribution >= 0.6 is 0 Å². The second-order valence-corrected chi connectivity index (χ2v) is 8.06. The van der Waals surface area contributed by atoms with Crippen molar-refractivity contribution in [1.29, 1.82) is 0 Å². The quantitative estimate of drug-likeness (QED) is 0.748. The highest BCUT2D eigenvalue weighted by molar-refractivity contribution is 5.77. The summed E-state index contributed by atoms with van der Waals surface area (Å²) in [5, 5.41) is 8.84. The molecule has 1 fully saturated rings. The molecule has 1 rings (SSSR count). The molecule has 0 spiro atoms. The summed E-state index contributed by atoms with van der Waals surface area (Å²) in [6, 6.07) is 0.